The fourth-order valence-electron chi connectivity index (χ4n) is 2.56. The number of benzene rings is 2. The highest BCUT2D eigenvalue weighted by molar-refractivity contribution is 6.31. The maximum atomic E-state index is 12.9. The van der Waals surface area contributed by atoms with Crippen LogP contribution < -0.4 is 15.5 Å². The molecule has 0 radical (unpaired) electrons. The molecule has 2 amide bonds. The SMILES string of the molecule is Cc1ccc(Oc2ccccc2C(=O)Nc2ccc(Cl)cc2/C=C/C(=O)NO)cn1. The average Bonchev–Trinajstić information content (AvgIpc) is 2.75. The number of carbonyl (C=O) groups excluding carboxylic acids is 2. The van der Waals surface area contributed by atoms with E-state index in [1.165, 1.54) is 11.6 Å². The second-order valence-electron chi connectivity index (χ2n) is 6.23. The maximum absolute atomic E-state index is 12.9. The van der Waals surface area contributed by atoms with Crippen LogP contribution in [0.25, 0.3) is 6.08 Å². The largest absolute Gasteiger partial charge is 0.455 e. The first-order valence-electron chi connectivity index (χ1n) is 8.89. The number of amides is 2. The van der Waals surface area contributed by atoms with Crippen molar-refractivity contribution < 1.29 is 19.5 Å². The minimum absolute atomic E-state index is 0.316. The van der Waals surface area contributed by atoms with Gasteiger partial charge in [0.15, 0.2) is 0 Å². The predicted molar refractivity (Wildman–Crippen MR) is 114 cm³/mol. The molecular formula is C22H18ClN3O4. The lowest BCUT2D eigenvalue weighted by Crippen LogP contribution is -2.15. The first kappa shape index (κ1) is 21.0. The van der Waals surface area contributed by atoms with E-state index in [9.17, 15) is 9.59 Å². The third kappa shape index (κ3) is 5.44. The number of hydroxylamine groups is 1. The van der Waals surface area contributed by atoms with Gasteiger partial charge in [-0.3, -0.25) is 19.8 Å². The Balaban J connectivity index is 1.86. The lowest BCUT2D eigenvalue weighted by Gasteiger charge is -2.13. The summed E-state index contributed by atoms with van der Waals surface area (Å²) in [6.07, 6.45) is 4.12. The van der Waals surface area contributed by atoms with Crippen molar-refractivity contribution in [1.82, 2.24) is 10.5 Å². The van der Waals surface area contributed by atoms with Gasteiger partial charge in [-0.1, -0.05) is 23.7 Å². The number of aryl methyl sites for hydroxylation is 1. The molecule has 3 N–H and O–H groups in total. The topological polar surface area (TPSA) is 101 Å². The number of pyridine rings is 1. The van der Waals surface area contributed by atoms with Crippen LogP contribution in [0.3, 0.4) is 0 Å². The first-order valence-corrected chi connectivity index (χ1v) is 9.26. The lowest BCUT2D eigenvalue weighted by molar-refractivity contribution is -0.124. The Kier molecular flexibility index (Phi) is 6.79. The molecule has 30 heavy (non-hydrogen) atoms. The molecule has 3 aromatic rings. The van der Waals surface area contributed by atoms with E-state index in [1.54, 1.807) is 54.7 Å². The molecule has 3 rings (SSSR count). The van der Waals surface area contributed by atoms with Crippen LogP contribution in [-0.2, 0) is 4.79 Å². The maximum Gasteiger partial charge on any atom is 0.267 e. The number of nitrogens with one attached hydrogen (secondary N) is 2. The molecular weight excluding hydrogens is 406 g/mol. The molecule has 1 heterocycles. The van der Waals surface area contributed by atoms with Gasteiger partial charge in [0, 0.05) is 22.5 Å². The molecule has 0 spiro atoms. The smallest absolute Gasteiger partial charge is 0.267 e. The van der Waals surface area contributed by atoms with Gasteiger partial charge in [0.2, 0.25) is 0 Å². The van der Waals surface area contributed by atoms with Crippen LogP contribution in [0.15, 0.2) is 66.9 Å². The zero-order valence-electron chi connectivity index (χ0n) is 15.9. The number of hydrogen-bond donors (Lipinski definition) is 3. The molecule has 0 atom stereocenters. The van der Waals surface area contributed by atoms with Gasteiger partial charge < -0.3 is 10.1 Å². The molecule has 0 aliphatic carbocycles. The van der Waals surface area contributed by atoms with Gasteiger partial charge in [-0.2, -0.15) is 0 Å². The third-order valence-electron chi connectivity index (χ3n) is 4.03. The van der Waals surface area contributed by atoms with Gasteiger partial charge in [-0.25, -0.2) is 5.48 Å². The summed E-state index contributed by atoms with van der Waals surface area (Å²) in [4.78, 5) is 28.4. The molecule has 1 aromatic heterocycles. The van der Waals surface area contributed by atoms with Crippen LogP contribution in [0.4, 0.5) is 5.69 Å². The highest BCUT2D eigenvalue weighted by atomic mass is 35.5. The number of para-hydroxylation sites is 1. The minimum Gasteiger partial charge on any atom is -0.455 e. The normalized spacial score (nSPS) is 10.6. The summed E-state index contributed by atoms with van der Waals surface area (Å²) in [5.74, 6) is -0.246. The van der Waals surface area contributed by atoms with E-state index in [2.05, 4.69) is 10.3 Å². The second-order valence-corrected chi connectivity index (χ2v) is 6.67. The molecule has 2 aromatic carbocycles. The molecule has 0 unspecified atom stereocenters. The number of ether oxygens (including phenoxy) is 1. The van der Waals surface area contributed by atoms with E-state index in [-0.39, 0.29) is 0 Å². The summed E-state index contributed by atoms with van der Waals surface area (Å²) in [6, 6.07) is 15.2. The van der Waals surface area contributed by atoms with Crippen molar-refractivity contribution in [3.63, 3.8) is 0 Å². The summed E-state index contributed by atoms with van der Waals surface area (Å²) in [7, 11) is 0. The van der Waals surface area contributed by atoms with Crippen LogP contribution in [0.2, 0.25) is 5.02 Å². The Hall–Kier alpha value is -3.68. The predicted octanol–water partition coefficient (Wildman–Crippen LogP) is 4.61. The van der Waals surface area contributed by atoms with E-state index in [1.807, 2.05) is 13.0 Å². The summed E-state index contributed by atoms with van der Waals surface area (Å²) in [5.41, 5.74) is 3.59. The number of rotatable bonds is 6. The minimum atomic E-state index is -0.710. The summed E-state index contributed by atoms with van der Waals surface area (Å²) >= 11 is 6.02. The average molecular weight is 424 g/mol. The molecule has 0 fully saturated rings. The number of anilines is 1. The second kappa shape index (κ2) is 9.69. The number of hydrogen-bond acceptors (Lipinski definition) is 5. The Bertz CT molecular complexity index is 1100. The van der Waals surface area contributed by atoms with E-state index in [4.69, 9.17) is 21.5 Å². The Morgan fingerprint density at radius 3 is 2.67 bits per heavy atom. The van der Waals surface area contributed by atoms with Crippen molar-refractivity contribution in [2.45, 2.75) is 6.92 Å². The van der Waals surface area contributed by atoms with Crippen molar-refractivity contribution in [1.29, 1.82) is 0 Å². The highest BCUT2D eigenvalue weighted by Crippen LogP contribution is 2.27. The van der Waals surface area contributed by atoms with E-state index < -0.39 is 11.8 Å². The Morgan fingerprint density at radius 1 is 1.13 bits per heavy atom. The van der Waals surface area contributed by atoms with Crippen LogP contribution in [0, 0.1) is 6.92 Å². The molecule has 0 saturated carbocycles. The zero-order chi connectivity index (χ0) is 21.5. The van der Waals surface area contributed by atoms with Gasteiger partial charge in [0.1, 0.15) is 11.5 Å². The van der Waals surface area contributed by atoms with Crippen LogP contribution in [0.5, 0.6) is 11.5 Å². The molecule has 0 saturated heterocycles. The molecule has 0 aliphatic heterocycles. The van der Waals surface area contributed by atoms with Crippen molar-refractivity contribution in [3.8, 4) is 11.5 Å². The first-order chi connectivity index (χ1) is 14.5. The number of halogens is 1. The number of carbonyl (C=O) groups is 2. The molecule has 0 aliphatic rings. The van der Waals surface area contributed by atoms with Crippen LogP contribution in [-0.4, -0.2) is 22.0 Å². The summed E-state index contributed by atoms with van der Waals surface area (Å²) in [6.45, 7) is 1.87. The van der Waals surface area contributed by atoms with Crippen molar-refractivity contribution in [2.24, 2.45) is 0 Å². The Labute approximate surface area is 177 Å². The number of aromatic nitrogens is 1. The molecule has 7 nitrogen and oxygen atoms in total. The fraction of sp³-hybridized carbons (Fsp3) is 0.0455. The summed E-state index contributed by atoms with van der Waals surface area (Å²) in [5, 5.41) is 11.8. The highest BCUT2D eigenvalue weighted by Gasteiger charge is 2.15. The van der Waals surface area contributed by atoms with Gasteiger partial charge in [-0.05, 0) is 61.0 Å². The monoisotopic (exact) mass is 423 g/mol. The van der Waals surface area contributed by atoms with Gasteiger partial charge >= 0.3 is 0 Å². The van der Waals surface area contributed by atoms with Crippen LogP contribution >= 0.6 is 11.6 Å². The van der Waals surface area contributed by atoms with Crippen molar-refractivity contribution >= 4 is 35.2 Å². The third-order valence-corrected chi connectivity index (χ3v) is 4.27. The van der Waals surface area contributed by atoms with E-state index in [0.717, 1.165) is 11.8 Å². The van der Waals surface area contributed by atoms with E-state index >= 15 is 0 Å². The summed E-state index contributed by atoms with van der Waals surface area (Å²) < 4.78 is 5.83. The fourth-order valence-corrected chi connectivity index (χ4v) is 2.74. The van der Waals surface area contributed by atoms with E-state index in [0.29, 0.717) is 33.3 Å². The molecule has 0 bridgehead atoms. The van der Waals surface area contributed by atoms with Crippen molar-refractivity contribution in [2.75, 3.05) is 5.32 Å². The molecule has 152 valence electrons. The van der Waals surface area contributed by atoms with Gasteiger partial charge in [-0.15, -0.1) is 0 Å². The molecule has 8 heteroatoms. The van der Waals surface area contributed by atoms with Gasteiger partial charge in [0.25, 0.3) is 11.8 Å². The van der Waals surface area contributed by atoms with Gasteiger partial charge in [0.05, 0.1) is 11.8 Å². The van der Waals surface area contributed by atoms with Crippen LogP contribution in [0.1, 0.15) is 21.6 Å². The standard InChI is InChI=1S/C22H18ClN3O4/c1-14-6-9-17(13-24-14)30-20-5-3-2-4-18(20)22(28)25-19-10-8-16(23)12-15(19)7-11-21(27)26-29/h2-13,29H,1H3,(H,25,28)(H,26,27)/b11-7+. The zero-order valence-corrected chi connectivity index (χ0v) is 16.7. The number of nitrogens with zero attached hydrogens (tertiary/aromatic N) is 1. The lowest BCUT2D eigenvalue weighted by atomic mass is 10.1. The Morgan fingerprint density at radius 2 is 1.93 bits per heavy atom. The van der Waals surface area contributed by atoms with Crippen molar-refractivity contribution in [3.05, 3.63) is 88.7 Å². The quantitative estimate of drug-likeness (QED) is 0.305.